The molecule has 0 aliphatic heterocycles. The van der Waals surface area contributed by atoms with Crippen molar-refractivity contribution in [2.75, 3.05) is 0 Å². The molecule has 0 spiro atoms. The van der Waals surface area contributed by atoms with Crippen LogP contribution >= 0.6 is 0 Å². The van der Waals surface area contributed by atoms with E-state index in [1.807, 2.05) is 13.0 Å². The molecule has 0 saturated heterocycles. The molecule has 1 aromatic carbocycles. The summed E-state index contributed by atoms with van der Waals surface area (Å²) in [7, 11) is 0. The number of hydrogen-bond donors (Lipinski definition) is 1. The molecule has 0 bridgehead atoms. The molecular formula is C23H22FN3O3. The summed E-state index contributed by atoms with van der Waals surface area (Å²) in [5.74, 6) is -1.81. The van der Waals surface area contributed by atoms with Gasteiger partial charge in [-0.3, -0.25) is 9.59 Å². The number of aromatic nitrogens is 3. The number of carbonyl (C=O) groups is 2. The molecule has 0 amide bonds. The van der Waals surface area contributed by atoms with Crippen LogP contribution in [0.1, 0.15) is 54.9 Å². The number of carbonyl (C=O) groups excluding carboxylic acids is 1. The van der Waals surface area contributed by atoms with Gasteiger partial charge in [0.1, 0.15) is 11.5 Å². The number of aliphatic carboxylic acids is 1. The van der Waals surface area contributed by atoms with E-state index in [2.05, 4.69) is 10.1 Å². The Morgan fingerprint density at radius 3 is 2.73 bits per heavy atom. The second-order valence-corrected chi connectivity index (χ2v) is 7.58. The molecule has 1 N–H and O–H groups in total. The monoisotopic (exact) mass is 407 g/mol. The molecule has 7 heteroatoms. The lowest BCUT2D eigenvalue weighted by molar-refractivity contribution is -0.141. The van der Waals surface area contributed by atoms with E-state index < -0.39 is 17.7 Å². The number of allylic oxidation sites excluding steroid dienone is 2. The fourth-order valence-corrected chi connectivity index (χ4v) is 3.88. The molecule has 6 nitrogen and oxygen atoms in total. The van der Waals surface area contributed by atoms with Gasteiger partial charge in [-0.05, 0) is 55.0 Å². The van der Waals surface area contributed by atoms with Crippen molar-refractivity contribution in [3.63, 3.8) is 0 Å². The van der Waals surface area contributed by atoms with Crippen LogP contribution in [0.3, 0.4) is 0 Å². The minimum atomic E-state index is -0.813. The molecule has 0 fully saturated rings. The van der Waals surface area contributed by atoms with Crippen LogP contribution in [-0.2, 0) is 11.2 Å². The Labute approximate surface area is 173 Å². The van der Waals surface area contributed by atoms with Crippen LogP contribution in [-0.4, -0.2) is 31.5 Å². The molecular weight excluding hydrogens is 385 g/mol. The normalized spacial score (nSPS) is 16.5. The maximum atomic E-state index is 15.0. The highest BCUT2D eigenvalue weighted by atomic mass is 19.1. The standard InChI is InChI=1S/C23H22FN3O3/c1-3-17-11-20(13(2)28)25-22-12-21(26-27(17)22)18-8-7-15(10-19(18)24)14-5-4-6-16(9-14)23(29)30/h5,7-8,10-12,16H,3-4,6,9H2,1-2H3,(H,29,30). The Balaban J connectivity index is 1.71. The second kappa shape index (κ2) is 7.82. The molecule has 1 aliphatic carbocycles. The van der Waals surface area contributed by atoms with Crippen molar-refractivity contribution in [2.45, 2.75) is 39.5 Å². The zero-order chi connectivity index (χ0) is 21.4. The number of ketones is 1. The molecule has 1 unspecified atom stereocenters. The summed E-state index contributed by atoms with van der Waals surface area (Å²) in [5, 5.41) is 13.8. The number of fused-ring (bicyclic) bond motifs is 1. The van der Waals surface area contributed by atoms with Crippen molar-refractivity contribution in [2.24, 2.45) is 5.92 Å². The lowest BCUT2D eigenvalue weighted by Crippen LogP contribution is -2.16. The third-order valence-corrected chi connectivity index (χ3v) is 5.56. The summed E-state index contributed by atoms with van der Waals surface area (Å²) >= 11 is 0. The molecule has 3 aromatic rings. The van der Waals surface area contributed by atoms with E-state index in [1.54, 1.807) is 28.8 Å². The Bertz CT molecular complexity index is 1200. The summed E-state index contributed by atoms with van der Waals surface area (Å²) in [4.78, 5) is 27.4. The Hall–Kier alpha value is -3.35. The molecule has 30 heavy (non-hydrogen) atoms. The van der Waals surface area contributed by atoms with E-state index in [1.165, 1.54) is 13.0 Å². The lowest BCUT2D eigenvalue weighted by atomic mass is 9.85. The molecule has 2 heterocycles. The fourth-order valence-electron chi connectivity index (χ4n) is 3.88. The first kappa shape index (κ1) is 19.9. The van der Waals surface area contributed by atoms with Crippen LogP contribution < -0.4 is 0 Å². The topological polar surface area (TPSA) is 84.6 Å². The largest absolute Gasteiger partial charge is 0.481 e. The van der Waals surface area contributed by atoms with Crippen molar-refractivity contribution in [1.29, 1.82) is 0 Å². The number of benzene rings is 1. The lowest BCUT2D eigenvalue weighted by Gasteiger charge is -2.19. The maximum Gasteiger partial charge on any atom is 0.306 e. The van der Waals surface area contributed by atoms with Gasteiger partial charge < -0.3 is 5.11 Å². The zero-order valence-corrected chi connectivity index (χ0v) is 16.9. The van der Waals surface area contributed by atoms with Gasteiger partial charge in [-0.25, -0.2) is 13.9 Å². The number of carboxylic acids is 1. The van der Waals surface area contributed by atoms with E-state index in [0.29, 0.717) is 53.8 Å². The van der Waals surface area contributed by atoms with E-state index in [0.717, 1.165) is 11.3 Å². The molecule has 0 saturated carbocycles. The van der Waals surface area contributed by atoms with Gasteiger partial charge in [0.25, 0.3) is 0 Å². The van der Waals surface area contributed by atoms with Gasteiger partial charge in [-0.1, -0.05) is 19.1 Å². The highest BCUT2D eigenvalue weighted by Crippen LogP contribution is 2.33. The summed E-state index contributed by atoms with van der Waals surface area (Å²) < 4.78 is 16.6. The number of nitrogens with zero attached hydrogens (tertiary/aromatic N) is 3. The van der Waals surface area contributed by atoms with Gasteiger partial charge in [0.15, 0.2) is 11.4 Å². The van der Waals surface area contributed by atoms with Gasteiger partial charge in [0.05, 0.1) is 11.6 Å². The van der Waals surface area contributed by atoms with E-state index in [9.17, 15) is 19.1 Å². The summed E-state index contributed by atoms with van der Waals surface area (Å²) in [6.07, 6.45) is 4.32. The van der Waals surface area contributed by atoms with Crippen LogP contribution in [0.25, 0.3) is 22.5 Å². The quantitative estimate of drug-likeness (QED) is 0.627. The molecule has 4 rings (SSSR count). The summed E-state index contributed by atoms with van der Waals surface area (Å²) in [5.41, 5.74) is 3.99. The van der Waals surface area contributed by atoms with Gasteiger partial charge in [0.2, 0.25) is 0 Å². The minimum Gasteiger partial charge on any atom is -0.481 e. The molecule has 1 aliphatic rings. The Kier molecular flexibility index (Phi) is 5.20. The number of carboxylic acid groups (broad SMARTS) is 1. The van der Waals surface area contributed by atoms with Crippen molar-refractivity contribution >= 4 is 23.0 Å². The van der Waals surface area contributed by atoms with Crippen molar-refractivity contribution in [3.8, 4) is 11.3 Å². The van der Waals surface area contributed by atoms with Crippen LogP contribution in [0.2, 0.25) is 0 Å². The molecule has 2 aromatic heterocycles. The highest BCUT2D eigenvalue weighted by molar-refractivity contribution is 5.92. The van der Waals surface area contributed by atoms with Gasteiger partial charge >= 0.3 is 5.97 Å². The number of Topliss-reactive ketones (excluding diaryl/α,β-unsaturated/α-hetero) is 1. The number of hydrogen-bond acceptors (Lipinski definition) is 4. The van der Waals surface area contributed by atoms with Crippen LogP contribution in [0, 0.1) is 11.7 Å². The highest BCUT2D eigenvalue weighted by Gasteiger charge is 2.23. The Morgan fingerprint density at radius 2 is 2.07 bits per heavy atom. The summed E-state index contributed by atoms with van der Waals surface area (Å²) in [6, 6.07) is 8.28. The third-order valence-electron chi connectivity index (χ3n) is 5.56. The third kappa shape index (κ3) is 3.63. The van der Waals surface area contributed by atoms with Gasteiger partial charge in [-0.2, -0.15) is 5.10 Å². The van der Waals surface area contributed by atoms with Gasteiger partial charge in [-0.15, -0.1) is 0 Å². The SMILES string of the molecule is CCc1cc(C(C)=O)nc2cc(-c3ccc(C4=CCCC(C(=O)O)C4)cc3F)nn12. The number of halogens is 1. The summed E-state index contributed by atoms with van der Waals surface area (Å²) in [6.45, 7) is 3.42. The molecule has 1 atom stereocenters. The molecule has 0 radical (unpaired) electrons. The molecule has 154 valence electrons. The fraction of sp³-hybridized carbons (Fsp3) is 0.304. The second-order valence-electron chi connectivity index (χ2n) is 7.58. The smallest absolute Gasteiger partial charge is 0.306 e. The first-order valence-electron chi connectivity index (χ1n) is 10.00. The first-order chi connectivity index (χ1) is 14.4. The van der Waals surface area contributed by atoms with E-state index >= 15 is 0 Å². The predicted octanol–water partition coefficient (Wildman–Crippen LogP) is 4.57. The van der Waals surface area contributed by atoms with Crippen molar-refractivity contribution in [3.05, 3.63) is 59.2 Å². The van der Waals surface area contributed by atoms with Crippen LogP contribution in [0.5, 0.6) is 0 Å². The van der Waals surface area contributed by atoms with E-state index in [-0.39, 0.29) is 5.78 Å². The first-order valence-corrected chi connectivity index (χ1v) is 10.00. The van der Waals surface area contributed by atoms with E-state index in [4.69, 9.17) is 0 Å². The van der Waals surface area contributed by atoms with Crippen LogP contribution in [0.15, 0.2) is 36.4 Å². The van der Waals surface area contributed by atoms with Crippen LogP contribution in [0.4, 0.5) is 4.39 Å². The average molecular weight is 407 g/mol. The van der Waals surface area contributed by atoms with Crippen molar-refractivity contribution in [1.82, 2.24) is 14.6 Å². The minimum absolute atomic E-state index is 0.133. The maximum absolute atomic E-state index is 15.0. The van der Waals surface area contributed by atoms with Crippen molar-refractivity contribution < 1.29 is 19.1 Å². The zero-order valence-electron chi connectivity index (χ0n) is 16.9. The average Bonchev–Trinajstić information content (AvgIpc) is 3.16. The Morgan fingerprint density at radius 1 is 1.27 bits per heavy atom. The van der Waals surface area contributed by atoms with Gasteiger partial charge in [0, 0.05) is 24.2 Å². The number of rotatable bonds is 5. The predicted molar refractivity (Wildman–Crippen MR) is 111 cm³/mol. The number of aryl methyl sites for hydroxylation is 1.